The van der Waals surface area contributed by atoms with Gasteiger partial charge in [-0.2, -0.15) is 0 Å². The summed E-state index contributed by atoms with van der Waals surface area (Å²) in [6.45, 7) is 10.1. The lowest BCUT2D eigenvalue weighted by Gasteiger charge is -2.38. The molecular weight excluding hydrogens is 402 g/mol. The van der Waals surface area contributed by atoms with Crippen LogP contribution in [0, 0.1) is 0 Å². The zero-order valence-electron chi connectivity index (χ0n) is 19.4. The van der Waals surface area contributed by atoms with Gasteiger partial charge in [0.05, 0.1) is 32.7 Å². The summed E-state index contributed by atoms with van der Waals surface area (Å²) in [6.07, 6.45) is 6.43. The van der Waals surface area contributed by atoms with E-state index in [2.05, 4.69) is 43.0 Å². The summed E-state index contributed by atoms with van der Waals surface area (Å²) >= 11 is 0. The van der Waals surface area contributed by atoms with E-state index in [1.165, 1.54) is 5.56 Å². The topological polar surface area (TPSA) is 44.8 Å². The average Bonchev–Trinajstić information content (AvgIpc) is 2.82. The third kappa shape index (κ3) is 9.08. The SMILES string of the molecule is C=CCOc1ccc(C[N+](CC=Cc2ccccc2)(CCOC)CCC(=O)OCC)cc1. The lowest BCUT2D eigenvalue weighted by molar-refractivity contribution is -0.935. The highest BCUT2D eigenvalue weighted by Gasteiger charge is 2.28. The molecule has 2 aromatic carbocycles. The van der Waals surface area contributed by atoms with E-state index >= 15 is 0 Å². The Hall–Kier alpha value is -2.89. The number of carbonyl (C=O) groups excluding carboxylic acids is 1. The Balaban J connectivity index is 2.22. The second kappa shape index (κ2) is 14.2. The van der Waals surface area contributed by atoms with Crippen molar-refractivity contribution in [1.29, 1.82) is 0 Å². The Labute approximate surface area is 192 Å². The molecule has 0 spiro atoms. The van der Waals surface area contributed by atoms with Gasteiger partial charge in [-0.25, -0.2) is 0 Å². The van der Waals surface area contributed by atoms with E-state index in [1.807, 2.05) is 37.3 Å². The number of hydrogen-bond donors (Lipinski definition) is 0. The molecule has 0 amide bonds. The molecular formula is C27H36NO4+. The minimum atomic E-state index is -0.160. The minimum absolute atomic E-state index is 0.160. The summed E-state index contributed by atoms with van der Waals surface area (Å²) in [6, 6.07) is 18.4. The Kier molecular flexibility index (Phi) is 11.3. The van der Waals surface area contributed by atoms with E-state index in [0.717, 1.165) is 30.9 Å². The van der Waals surface area contributed by atoms with E-state index in [9.17, 15) is 4.79 Å². The fourth-order valence-electron chi connectivity index (χ4n) is 3.57. The molecule has 0 saturated carbocycles. The monoisotopic (exact) mass is 438 g/mol. The maximum absolute atomic E-state index is 12.2. The Morgan fingerprint density at radius 2 is 1.81 bits per heavy atom. The molecule has 0 aliphatic heterocycles. The lowest BCUT2D eigenvalue weighted by atomic mass is 10.1. The van der Waals surface area contributed by atoms with Gasteiger partial charge in [0.1, 0.15) is 25.4 Å². The van der Waals surface area contributed by atoms with Crippen LogP contribution in [0.15, 0.2) is 73.3 Å². The molecule has 1 atom stereocenters. The summed E-state index contributed by atoms with van der Waals surface area (Å²) in [5, 5.41) is 0. The number of carbonyl (C=O) groups is 1. The first-order valence-corrected chi connectivity index (χ1v) is 11.1. The normalized spacial score (nSPS) is 12.9. The van der Waals surface area contributed by atoms with Crippen LogP contribution in [0.2, 0.25) is 0 Å². The fraction of sp³-hybridized carbons (Fsp3) is 0.370. The van der Waals surface area contributed by atoms with Gasteiger partial charge < -0.3 is 18.7 Å². The average molecular weight is 439 g/mol. The number of nitrogens with zero attached hydrogens (tertiary/aromatic N) is 1. The van der Waals surface area contributed by atoms with Crippen molar-refractivity contribution >= 4 is 12.0 Å². The van der Waals surface area contributed by atoms with E-state index in [4.69, 9.17) is 14.2 Å². The second-order valence-corrected chi connectivity index (χ2v) is 7.73. The Morgan fingerprint density at radius 1 is 1.06 bits per heavy atom. The van der Waals surface area contributed by atoms with Crippen LogP contribution in [0.5, 0.6) is 5.75 Å². The van der Waals surface area contributed by atoms with Crippen molar-refractivity contribution in [3.8, 4) is 5.75 Å². The van der Waals surface area contributed by atoms with Crippen LogP contribution < -0.4 is 4.74 Å². The maximum Gasteiger partial charge on any atom is 0.311 e. The molecule has 32 heavy (non-hydrogen) atoms. The van der Waals surface area contributed by atoms with E-state index in [-0.39, 0.29) is 5.97 Å². The van der Waals surface area contributed by atoms with Crippen molar-refractivity contribution in [2.24, 2.45) is 0 Å². The quantitative estimate of drug-likeness (QED) is 0.226. The van der Waals surface area contributed by atoms with Gasteiger partial charge in [0.15, 0.2) is 0 Å². The van der Waals surface area contributed by atoms with Crippen LogP contribution in [0.1, 0.15) is 24.5 Å². The van der Waals surface area contributed by atoms with Gasteiger partial charge in [0, 0.05) is 12.7 Å². The zero-order valence-corrected chi connectivity index (χ0v) is 19.4. The van der Waals surface area contributed by atoms with Crippen molar-refractivity contribution in [3.05, 3.63) is 84.5 Å². The predicted octanol–water partition coefficient (Wildman–Crippen LogP) is 4.88. The van der Waals surface area contributed by atoms with Crippen LogP contribution in [0.4, 0.5) is 0 Å². The van der Waals surface area contributed by atoms with Crippen LogP contribution in [-0.4, -0.2) is 57.0 Å². The smallest absolute Gasteiger partial charge is 0.311 e. The Morgan fingerprint density at radius 3 is 2.47 bits per heavy atom. The maximum atomic E-state index is 12.2. The van der Waals surface area contributed by atoms with Gasteiger partial charge in [-0.1, -0.05) is 49.1 Å². The van der Waals surface area contributed by atoms with Crippen LogP contribution in [0.25, 0.3) is 6.08 Å². The van der Waals surface area contributed by atoms with Crippen molar-refractivity contribution in [3.63, 3.8) is 0 Å². The predicted molar refractivity (Wildman–Crippen MR) is 129 cm³/mol. The standard InChI is InChI=1S/C27H36NO4/c1-4-21-32-26-15-13-25(14-16-26)23-28(20-22-30-3,19-17-27(29)31-5-2)18-9-12-24-10-7-6-8-11-24/h4,6-16H,1,5,17-23H2,2-3H3/q+1. The molecule has 5 nitrogen and oxygen atoms in total. The summed E-state index contributed by atoms with van der Waals surface area (Å²) in [7, 11) is 1.71. The van der Waals surface area contributed by atoms with Gasteiger partial charge in [-0.05, 0) is 42.8 Å². The molecule has 2 aromatic rings. The van der Waals surface area contributed by atoms with Crippen molar-refractivity contribution < 1.29 is 23.5 Å². The highest BCUT2D eigenvalue weighted by atomic mass is 16.5. The van der Waals surface area contributed by atoms with Crippen molar-refractivity contribution in [2.75, 3.05) is 46.6 Å². The van der Waals surface area contributed by atoms with Gasteiger partial charge in [-0.15, -0.1) is 0 Å². The van der Waals surface area contributed by atoms with Crippen molar-refractivity contribution in [2.45, 2.75) is 19.9 Å². The molecule has 5 heteroatoms. The highest BCUT2D eigenvalue weighted by Crippen LogP contribution is 2.20. The van der Waals surface area contributed by atoms with Crippen LogP contribution in [-0.2, 0) is 20.8 Å². The molecule has 0 bridgehead atoms. The van der Waals surface area contributed by atoms with Gasteiger partial charge in [-0.3, -0.25) is 4.79 Å². The lowest BCUT2D eigenvalue weighted by Crippen LogP contribution is -2.50. The number of esters is 1. The zero-order chi connectivity index (χ0) is 23.1. The van der Waals surface area contributed by atoms with Crippen LogP contribution in [0.3, 0.4) is 0 Å². The molecule has 172 valence electrons. The first-order chi connectivity index (χ1) is 15.6. The van der Waals surface area contributed by atoms with E-state index < -0.39 is 0 Å². The van der Waals surface area contributed by atoms with E-state index in [1.54, 1.807) is 13.2 Å². The van der Waals surface area contributed by atoms with Gasteiger partial charge >= 0.3 is 5.97 Å². The molecule has 0 radical (unpaired) electrons. The number of benzene rings is 2. The largest absolute Gasteiger partial charge is 0.490 e. The number of quaternary nitrogens is 1. The molecule has 0 heterocycles. The molecule has 2 rings (SSSR count). The van der Waals surface area contributed by atoms with Gasteiger partial charge in [0.2, 0.25) is 0 Å². The first kappa shape index (κ1) is 25.4. The molecule has 0 saturated heterocycles. The van der Waals surface area contributed by atoms with Crippen LogP contribution >= 0.6 is 0 Å². The number of hydrogen-bond acceptors (Lipinski definition) is 4. The van der Waals surface area contributed by atoms with E-state index in [0.29, 0.717) is 37.3 Å². The molecule has 0 fully saturated rings. The summed E-state index contributed by atoms with van der Waals surface area (Å²) in [4.78, 5) is 12.2. The molecule has 0 aliphatic rings. The number of rotatable bonds is 15. The summed E-state index contributed by atoms with van der Waals surface area (Å²) in [5.41, 5.74) is 2.34. The number of ether oxygens (including phenoxy) is 3. The molecule has 0 aromatic heterocycles. The third-order valence-electron chi connectivity index (χ3n) is 5.28. The molecule has 0 N–H and O–H groups in total. The minimum Gasteiger partial charge on any atom is -0.490 e. The fourth-order valence-corrected chi connectivity index (χ4v) is 3.57. The molecule has 1 unspecified atom stereocenters. The Bertz CT molecular complexity index is 832. The summed E-state index contributed by atoms with van der Waals surface area (Å²) in [5.74, 6) is 0.659. The van der Waals surface area contributed by atoms with Crippen molar-refractivity contribution in [1.82, 2.24) is 0 Å². The first-order valence-electron chi connectivity index (χ1n) is 11.1. The highest BCUT2D eigenvalue weighted by molar-refractivity contribution is 5.69. The third-order valence-corrected chi connectivity index (χ3v) is 5.28. The van der Waals surface area contributed by atoms with Gasteiger partial charge in [0.25, 0.3) is 0 Å². The molecule has 0 aliphatic carbocycles. The number of methoxy groups -OCH3 is 1. The summed E-state index contributed by atoms with van der Waals surface area (Å²) < 4.78 is 16.9. The second-order valence-electron chi connectivity index (χ2n) is 7.73.